The molecule has 0 spiro atoms. The first kappa shape index (κ1) is 19.1. The van der Waals surface area contributed by atoms with Gasteiger partial charge in [-0.25, -0.2) is 19.7 Å². The summed E-state index contributed by atoms with van der Waals surface area (Å²) in [5.74, 6) is 1.16. The molecule has 3 heterocycles. The van der Waals surface area contributed by atoms with Crippen molar-refractivity contribution in [3.63, 3.8) is 0 Å². The van der Waals surface area contributed by atoms with Crippen molar-refractivity contribution in [3.8, 4) is 0 Å². The van der Waals surface area contributed by atoms with Crippen LogP contribution in [0.5, 0.6) is 0 Å². The van der Waals surface area contributed by atoms with Crippen LogP contribution in [0, 0.1) is 12.3 Å². The Morgan fingerprint density at radius 1 is 1.18 bits per heavy atom. The van der Waals surface area contributed by atoms with Crippen LogP contribution in [0.1, 0.15) is 26.5 Å². The molecule has 0 saturated heterocycles. The summed E-state index contributed by atoms with van der Waals surface area (Å²) < 4.78 is 1.69. The average molecular weight is 383 g/mol. The van der Waals surface area contributed by atoms with Crippen LogP contribution in [0.25, 0.3) is 0 Å². The first-order valence-corrected chi connectivity index (χ1v) is 8.93. The normalized spacial score (nSPS) is 15.4. The number of aryl methyl sites for hydroxylation is 2. The lowest BCUT2D eigenvalue weighted by atomic mass is 10.2. The smallest absolute Gasteiger partial charge is 0.178 e. The minimum absolute atomic E-state index is 0.158. The Bertz CT molecular complexity index is 999. The summed E-state index contributed by atoms with van der Waals surface area (Å²) in [5.41, 5.74) is 21.3. The number of amidine groups is 1. The summed E-state index contributed by atoms with van der Waals surface area (Å²) in [6, 6.07) is 1.65. The van der Waals surface area contributed by atoms with Crippen molar-refractivity contribution in [1.82, 2.24) is 19.8 Å². The van der Waals surface area contributed by atoms with Crippen molar-refractivity contribution in [3.05, 3.63) is 11.8 Å². The number of nitrogens with zero attached hydrogens (tertiary/aromatic N) is 6. The maximum absolute atomic E-state index is 8.27. The van der Waals surface area contributed by atoms with E-state index in [4.69, 9.17) is 22.6 Å². The summed E-state index contributed by atoms with van der Waals surface area (Å²) >= 11 is 0. The van der Waals surface area contributed by atoms with Gasteiger partial charge in [0.15, 0.2) is 11.7 Å². The lowest BCUT2D eigenvalue weighted by Gasteiger charge is -2.13. The van der Waals surface area contributed by atoms with Gasteiger partial charge in [0.1, 0.15) is 23.0 Å². The van der Waals surface area contributed by atoms with E-state index in [-0.39, 0.29) is 11.7 Å². The fourth-order valence-corrected chi connectivity index (χ4v) is 2.88. The Balaban J connectivity index is 2.08. The second-order valence-electron chi connectivity index (χ2n) is 6.33. The molecule has 0 amide bonds. The van der Waals surface area contributed by atoms with E-state index in [0.717, 1.165) is 5.69 Å². The molecule has 1 aliphatic heterocycles. The van der Waals surface area contributed by atoms with Gasteiger partial charge in [0, 0.05) is 13.1 Å². The fraction of sp³-hybridized carbons (Fsp3) is 0.353. The van der Waals surface area contributed by atoms with E-state index in [1.54, 1.807) is 22.7 Å². The van der Waals surface area contributed by atoms with Gasteiger partial charge in [-0.3, -0.25) is 5.41 Å². The van der Waals surface area contributed by atoms with Crippen molar-refractivity contribution >= 4 is 51.8 Å². The molecule has 8 N–H and O–H groups in total. The maximum atomic E-state index is 8.27. The third kappa shape index (κ3) is 3.21. The molecule has 0 fully saturated rings. The maximum Gasteiger partial charge on any atom is 0.178 e. The zero-order chi connectivity index (χ0) is 20.6. The van der Waals surface area contributed by atoms with E-state index in [0.29, 0.717) is 53.2 Å². The Hall–Kier alpha value is -3.63. The minimum Gasteiger partial charge on any atom is -0.396 e. The molecule has 0 saturated carbocycles. The van der Waals surface area contributed by atoms with Crippen LogP contribution < -0.4 is 22.5 Å². The largest absolute Gasteiger partial charge is 0.396 e. The summed E-state index contributed by atoms with van der Waals surface area (Å²) in [6.45, 7) is 8.74. The number of nitrogens with one attached hydrogen (secondary N) is 2. The molecule has 0 unspecified atom stereocenters. The van der Waals surface area contributed by atoms with Gasteiger partial charge in [-0.2, -0.15) is 10.2 Å². The highest BCUT2D eigenvalue weighted by Crippen LogP contribution is 2.34. The Morgan fingerprint density at radius 2 is 1.89 bits per heavy atom. The second-order valence-corrected chi connectivity index (χ2v) is 6.33. The molecule has 11 nitrogen and oxygen atoms in total. The third-order valence-corrected chi connectivity index (χ3v) is 4.40. The lowest BCUT2D eigenvalue weighted by molar-refractivity contribution is 0.481. The van der Waals surface area contributed by atoms with E-state index in [1.807, 2.05) is 20.8 Å². The highest BCUT2D eigenvalue weighted by atomic mass is 15.5. The molecule has 0 bridgehead atoms. The molecule has 0 radical (unpaired) electrons. The fourth-order valence-electron chi connectivity index (χ4n) is 2.88. The minimum atomic E-state index is 0.158. The van der Waals surface area contributed by atoms with Crippen LogP contribution in [-0.4, -0.2) is 43.6 Å². The topological polar surface area (TPSA) is 173 Å². The highest BCUT2D eigenvalue weighted by molar-refractivity contribution is 6.69. The zero-order valence-electron chi connectivity index (χ0n) is 16.4. The lowest BCUT2D eigenvalue weighted by Crippen LogP contribution is -2.26. The predicted molar refractivity (Wildman–Crippen MR) is 114 cm³/mol. The first-order chi connectivity index (χ1) is 13.3. The number of hydrogen-bond acceptors (Lipinski definition) is 9. The van der Waals surface area contributed by atoms with Gasteiger partial charge in [0.2, 0.25) is 0 Å². The monoisotopic (exact) mass is 383 g/mol. The molecule has 0 aliphatic carbocycles. The van der Waals surface area contributed by atoms with Gasteiger partial charge in [-0.1, -0.05) is 0 Å². The van der Waals surface area contributed by atoms with E-state index < -0.39 is 0 Å². The quantitative estimate of drug-likeness (QED) is 0.524. The van der Waals surface area contributed by atoms with Gasteiger partial charge in [-0.15, -0.1) is 0 Å². The molecule has 3 rings (SSSR count). The van der Waals surface area contributed by atoms with Crippen molar-refractivity contribution in [2.24, 2.45) is 10.1 Å². The van der Waals surface area contributed by atoms with Crippen molar-refractivity contribution in [2.45, 2.75) is 34.2 Å². The molecular weight excluding hydrogens is 358 g/mol. The second kappa shape index (κ2) is 7.18. The molecule has 0 aromatic carbocycles. The summed E-state index contributed by atoms with van der Waals surface area (Å²) in [7, 11) is 0. The van der Waals surface area contributed by atoms with E-state index >= 15 is 0 Å². The van der Waals surface area contributed by atoms with Gasteiger partial charge in [0.25, 0.3) is 0 Å². The molecular formula is C17H25N11. The standard InChI is InChI=1S/C17H25N11/c1-5-27-15(20)12(8(3)25-27)22-11-7-10(18)14(19)24-17(11)23-13-9(4)26-28(6-2)16(13)21/h7,21-22H,5-6,18,20H2,1-4H3,(H2,19,24)/b21-16?,23-13-. The van der Waals surface area contributed by atoms with Crippen LogP contribution in [0.2, 0.25) is 0 Å². The third-order valence-electron chi connectivity index (χ3n) is 4.40. The molecule has 1 aliphatic rings. The van der Waals surface area contributed by atoms with Gasteiger partial charge >= 0.3 is 0 Å². The zero-order valence-corrected chi connectivity index (χ0v) is 16.4. The van der Waals surface area contributed by atoms with Crippen molar-refractivity contribution in [2.75, 3.05) is 29.1 Å². The number of pyridine rings is 1. The summed E-state index contributed by atoms with van der Waals surface area (Å²) in [4.78, 5) is 8.85. The number of aromatic nitrogens is 3. The van der Waals surface area contributed by atoms with Gasteiger partial charge in [0.05, 0.1) is 22.8 Å². The van der Waals surface area contributed by atoms with Crippen LogP contribution in [0.15, 0.2) is 16.2 Å². The van der Waals surface area contributed by atoms with E-state index in [9.17, 15) is 0 Å². The number of aliphatic imine (C=N–C) groups is 1. The van der Waals surface area contributed by atoms with E-state index in [1.165, 1.54) is 0 Å². The number of hydrogen-bond donors (Lipinski definition) is 5. The molecule has 11 heteroatoms. The summed E-state index contributed by atoms with van der Waals surface area (Å²) in [6.07, 6.45) is 0. The number of nitrogen functional groups attached to an aromatic ring is 3. The van der Waals surface area contributed by atoms with Crippen LogP contribution in [0.3, 0.4) is 0 Å². The predicted octanol–water partition coefficient (Wildman–Crippen LogP) is 1.86. The molecule has 0 atom stereocenters. The number of hydrazone groups is 1. The van der Waals surface area contributed by atoms with Gasteiger partial charge < -0.3 is 22.5 Å². The Kier molecular flexibility index (Phi) is 4.91. The van der Waals surface area contributed by atoms with Crippen molar-refractivity contribution in [1.29, 1.82) is 5.41 Å². The van der Waals surface area contributed by atoms with Crippen LogP contribution >= 0.6 is 0 Å². The summed E-state index contributed by atoms with van der Waals surface area (Å²) in [5, 5.41) is 21.8. The highest BCUT2D eigenvalue weighted by Gasteiger charge is 2.25. The van der Waals surface area contributed by atoms with Crippen LogP contribution in [0.4, 0.5) is 34.5 Å². The SMILES string of the molecule is CCN1N=C(C)/C(=N/c2nc(N)c(N)cc2Nc2c(C)nn(CC)c2N)C1=N. The number of anilines is 5. The average Bonchev–Trinajstić information content (AvgIpc) is 3.09. The van der Waals surface area contributed by atoms with Crippen molar-refractivity contribution < 1.29 is 0 Å². The molecule has 2 aromatic rings. The van der Waals surface area contributed by atoms with Gasteiger partial charge in [-0.05, 0) is 33.8 Å². The first-order valence-electron chi connectivity index (χ1n) is 8.93. The molecule has 2 aromatic heterocycles. The number of rotatable bonds is 5. The number of nitrogens with two attached hydrogens (primary N) is 3. The van der Waals surface area contributed by atoms with Crippen LogP contribution in [-0.2, 0) is 6.54 Å². The molecule has 28 heavy (non-hydrogen) atoms. The Morgan fingerprint density at radius 3 is 2.46 bits per heavy atom. The van der Waals surface area contributed by atoms with E-state index in [2.05, 4.69) is 25.5 Å². The molecule has 148 valence electrons. The Labute approximate surface area is 162 Å².